The van der Waals surface area contributed by atoms with Crippen molar-refractivity contribution >= 4 is 10.0 Å². The molecule has 170 valence electrons. The molecule has 0 fully saturated rings. The SMILES string of the molecule is NC1CCc2ccc(OCCNS(=O)(=O)C3=C[NH2+]C=C3)cc2C1Cc1cc(F)cc(F)c1. The van der Waals surface area contributed by atoms with Crippen LogP contribution < -0.4 is 20.5 Å². The van der Waals surface area contributed by atoms with Crippen LogP contribution >= 0.6 is 0 Å². The lowest BCUT2D eigenvalue weighted by molar-refractivity contribution is -0.510. The van der Waals surface area contributed by atoms with Gasteiger partial charge in [0, 0.05) is 30.6 Å². The Morgan fingerprint density at radius 3 is 2.66 bits per heavy atom. The number of aryl methyl sites for hydroxylation is 1. The standard InChI is InChI=1S/C23H25F2N3O3S/c24-17-9-15(10-18(25)12-17)11-22-21-13-19(3-1-16(21)2-4-23(22)26)31-8-7-28-32(29,30)20-5-6-27-14-20/h1,3,5-6,9-10,12-14,22-23,27-28H,2,4,7-8,11,26H2/p+1. The van der Waals surface area contributed by atoms with Crippen LogP contribution in [0.3, 0.4) is 0 Å². The van der Waals surface area contributed by atoms with Crippen LogP contribution in [0.5, 0.6) is 5.75 Å². The molecule has 4 rings (SSSR count). The number of halogens is 2. The van der Waals surface area contributed by atoms with Crippen molar-refractivity contribution in [1.82, 2.24) is 4.72 Å². The number of nitrogens with two attached hydrogens (primary N) is 2. The van der Waals surface area contributed by atoms with Crippen molar-refractivity contribution in [3.63, 3.8) is 0 Å². The highest BCUT2D eigenvalue weighted by Gasteiger charge is 2.28. The number of hydrogen-bond donors (Lipinski definition) is 3. The number of fused-ring (bicyclic) bond motifs is 1. The van der Waals surface area contributed by atoms with Crippen LogP contribution in [0.4, 0.5) is 8.78 Å². The summed E-state index contributed by atoms with van der Waals surface area (Å²) in [5.41, 5.74) is 9.08. The third kappa shape index (κ3) is 5.24. The molecule has 2 aromatic carbocycles. The normalized spacial score (nSPS) is 20.2. The lowest BCUT2D eigenvalue weighted by atomic mass is 9.76. The first kappa shape index (κ1) is 22.6. The first-order valence-electron chi connectivity index (χ1n) is 10.5. The molecule has 0 radical (unpaired) electrons. The average Bonchev–Trinajstić information content (AvgIpc) is 3.29. The van der Waals surface area contributed by atoms with Gasteiger partial charge in [0.15, 0.2) is 0 Å². The van der Waals surface area contributed by atoms with Crippen LogP contribution in [-0.2, 0) is 22.9 Å². The summed E-state index contributed by atoms with van der Waals surface area (Å²) >= 11 is 0. The summed E-state index contributed by atoms with van der Waals surface area (Å²) in [6.45, 7) is 0.278. The number of quaternary nitrogens is 1. The first-order chi connectivity index (χ1) is 15.3. The molecule has 2 aromatic rings. The van der Waals surface area contributed by atoms with E-state index < -0.39 is 21.7 Å². The zero-order valence-corrected chi connectivity index (χ0v) is 18.2. The number of ether oxygens (including phenoxy) is 1. The molecule has 2 aliphatic rings. The Morgan fingerprint density at radius 1 is 1.16 bits per heavy atom. The summed E-state index contributed by atoms with van der Waals surface area (Å²) in [5.74, 6) is -0.711. The second kappa shape index (κ2) is 9.50. The Balaban J connectivity index is 1.43. The van der Waals surface area contributed by atoms with E-state index in [-0.39, 0.29) is 30.0 Å². The Bertz CT molecular complexity index is 1140. The number of nitrogens with one attached hydrogen (secondary N) is 1. The zero-order chi connectivity index (χ0) is 22.7. The summed E-state index contributed by atoms with van der Waals surface area (Å²) < 4.78 is 59.9. The van der Waals surface area contributed by atoms with Gasteiger partial charge in [0.05, 0.1) is 6.20 Å². The molecule has 1 aliphatic carbocycles. The van der Waals surface area contributed by atoms with E-state index in [1.165, 1.54) is 24.4 Å². The molecule has 0 aromatic heterocycles. The second-order valence-corrected chi connectivity index (χ2v) is 9.79. The van der Waals surface area contributed by atoms with Crippen LogP contribution in [0.25, 0.3) is 0 Å². The maximum Gasteiger partial charge on any atom is 0.246 e. The molecule has 2 unspecified atom stereocenters. The molecule has 0 spiro atoms. The molecule has 1 aliphatic heterocycles. The summed E-state index contributed by atoms with van der Waals surface area (Å²) in [7, 11) is -3.55. The highest BCUT2D eigenvalue weighted by atomic mass is 32.2. The van der Waals surface area contributed by atoms with Gasteiger partial charge in [-0.05, 0) is 60.2 Å². The van der Waals surface area contributed by atoms with Gasteiger partial charge in [0.2, 0.25) is 10.0 Å². The van der Waals surface area contributed by atoms with Crippen molar-refractivity contribution in [2.45, 2.75) is 31.2 Å². The summed E-state index contributed by atoms with van der Waals surface area (Å²) in [5, 5.41) is 1.66. The van der Waals surface area contributed by atoms with Crippen molar-refractivity contribution < 1.29 is 27.3 Å². The average molecular weight is 463 g/mol. The van der Waals surface area contributed by atoms with Gasteiger partial charge in [-0.1, -0.05) is 6.07 Å². The summed E-state index contributed by atoms with van der Waals surface area (Å²) in [4.78, 5) is 0.219. The number of allylic oxidation sites excluding steroid dienone is 1. The molecule has 9 heteroatoms. The van der Waals surface area contributed by atoms with Gasteiger partial charge in [-0.3, -0.25) is 5.32 Å². The predicted molar refractivity (Wildman–Crippen MR) is 117 cm³/mol. The van der Waals surface area contributed by atoms with Crippen LogP contribution in [0.15, 0.2) is 59.8 Å². The van der Waals surface area contributed by atoms with Gasteiger partial charge in [0.25, 0.3) is 0 Å². The van der Waals surface area contributed by atoms with Crippen LogP contribution in [0.2, 0.25) is 0 Å². The van der Waals surface area contributed by atoms with Crippen molar-refractivity contribution in [3.8, 4) is 5.75 Å². The fraction of sp³-hybridized carbons (Fsp3) is 0.304. The molecular weight excluding hydrogens is 436 g/mol. The minimum Gasteiger partial charge on any atom is -0.492 e. The van der Waals surface area contributed by atoms with Gasteiger partial charge in [0.1, 0.15) is 35.1 Å². The summed E-state index contributed by atoms with van der Waals surface area (Å²) in [6.07, 6.45) is 6.76. The predicted octanol–water partition coefficient (Wildman–Crippen LogP) is 1.79. The monoisotopic (exact) mass is 462 g/mol. The third-order valence-electron chi connectivity index (χ3n) is 5.76. The van der Waals surface area contributed by atoms with Crippen LogP contribution in [0.1, 0.15) is 29.0 Å². The lowest BCUT2D eigenvalue weighted by Crippen LogP contribution is -2.69. The number of rotatable bonds is 8. The molecule has 6 nitrogen and oxygen atoms in total. The molecule has 1 heterocycles. The van der Waals surface area contributed by atoms with E-state index >= 15 is 0 Å². The van der Waals surface area contributed by atoms with Gasteiger partial charge < -0.3 is 10.5 Å². The lowest BCUT2D eigenvalue weighted by Gasteiger charge is -2.32. The highest BCUT2D eigenvalue weighted by molar-refractivity contribution is 7.93. The van der Waals surface area contributed by atoms with Gasteiger partial charge in [-0.2, -0.15) is 0 Å². The third-order valence-corrected chi connectivity index (χ3v) is 7.24. The highest BCUT2D eigenvalue weighted by Crippen LogP contribution is 2.36. The second-order valence-electron chi connectivity index (χ2n) is 8.02. The molecule has 2 atom stereocenters. The number of sulfonamides is 1. The minimum absolute atomic E-state index is 0.0978. The van der Waals surface area contributed by atoms with Crippen molar-refractivity contribution in [2.75, 3.05) is 13.2 Å². The van der Waals surface area contributed by atoms with E-state index in [9.17, 15) is 17.2 Å². The van der Waals surface area contributed by atoms with Crippen LogP contribution in [-0.4, -0.2) is 27.6 Å². The van der Waals surface area contributed by atoms with E-state index in [1.807, 2.05) is 18.2 Å². The van der Waals surface area contributed by atoms with Gasteiger partial charge in [-0.15, -0.1) is 0 Å². The Hall–Kier alpha value is -2.59. The molecule has 0 bridgehead atoms. The van der Waals surface area contributed by atoms with Gasteiger partial charge >= 0.3 is 0 Å². The minimum atomic E-state index is -3.55. The Labute approximate surface area is 186 Å². The van der Waals surface area contributed by atoms with Crippen LogP contribution in [0, 0.1) is 11.6 Å². The first-order valence-corrected chi connectivity index (χ1v) is 12.0. The molecule has 0 saturated heterocycles. The zero-order valence-electron chi connectivity index (χ0n) is 17.4. The van der Waals surface area contributed by atoms with Crippen molar-refractivity contribution in [2.24, 2.45) is 5.73 Å². The maximum atomic E-state index is 13.6. The number of benzene rings is 2. The smallest absolute Gasteiger partial charge is 0.246 e. The maximum absolute atomic E-state index is 13.6. The molecule has 5 N–H and O–H groups in total. The summed E-state index contributed by atoms with van der Waals surface area (Å²) in [6, 6.07) is 9.12. The van der Waals surface area contributed by atoms with E-state index in [1.54, 1.807) is 11.5 Å². The largest absolute Gasteiger partial charge is 0.492 e. The quantitative estimate of drug-likeness (QED) is 0.521. The Kier molecular flexibility index (Phi) is 6.71. The molecule has 0 saturated carbocycles. The van der Waals surface area contributed by atoms with E-state index in [0.717, 1.165) is 30.0 Å². The fourth-order valence-corrected chi connectivity index (χ4v) is 5.23. The Morgan fingerprint density at radius 2 is 1.94 bits per heavy atom. The molecule has 0 amide bonds. The topological polar surface area (TPSA) is 98.0 Å². The number of hydrogen-bond acceptors (Lipinski definition) is 4. The van der Waals surface area contributed by atoms with E-state index in [4.69, 9.17) is 10.5 Å². The molecular formula is C23H26F2N3O3S+. The van der Waals surface area contributed by atoms with Gasteiger partial charge in [-0.25, -0.2) is 21.9 Å². The molecule has 32 heavy (non-hydrogen) atoms. The van der Waals surface area contributed by atoms with Crippen molar-refractivity contribution in [1.29, 1.82) is 0 Å². The fourth-order valence-electron chi connectivity index (χ4n) is 4.20. The van der Waals surface area contributed by atoms with E-state index in [2.05, 4.69) is 4.72 Å². The van der Waals surface area contributed by atoms with E-state index in [0.29, 0.717) is 17.7 Å². The van der Waals surface area contributed by atoms with Crippen molar-refractivity contribution in [3.05, 3.63) is 88.1 Å².